The largest absolute Gasteiger partial charge is 0.345 e. The van der Waals surface area contributed by atoms with Crippen molar-refractivity contribution in [2.45, 2.75) is 50.9 Å². The summed E-state index contributed by atoms with van der Waals surface area (Å²) in [6, 6.07) is 10.4. The number of alkyl halides is 1. The average Bonchev–Trinajstić information content (AvgIpc) is 3.37. The summed E-state index contributed by atoms with van der Waals surface area (Å²) >= 11 is 0. The lowest BCUT2D eigenvalue weighted by Gasteiger charge is -2.26. The lowest BCUT2D eigenvalue weighted by atomic mass is 9.99. The summed E-state index contributed by atoms with van der Waals surface area (Å²) in [6.45, 7) is 3.47. The predicted octanol–water partition coefficient (Wildman–Crippen LogP) is 2.16. The van der Waals surface area contributed by atoms with Crippen molar-refractivity contribution in [1.29, 1.82) is 0 Å². The minimum absolute atomic E-state index is 0.0653. The predicted molar refractivity (Wildman–Crippen MR) is 132 cm³/mol. The number of aryl methyl sites for hydroxylation is 1. The Balaban J connectivity index is 1.59. The summed E-state index contributed by atoms with van der Waals surface area (Å²) in [6.07, 6.45) is -1.81. The number of rotatable bonds is 7. The number of aromatic nitrogens is 4. The van der Waals surface area contributed by atoms with E-state index in [2.05, 4.69) is 15.4 Å². The van der Waals surface area contributed by atoms with Crippen LogP contribution in [0.1, 0.15) is 54.9 Å². The molecule has 0 saturated carbocycles. The van der Waals surface area contributed by atoms with E-state index in [-0.39, 0.29) is 36.8 Å². The first-order valence-corrected chi connectivity index (χ1v) is 12.1. The zero-order chi connectivity index (χ0) is 26.9. The highest BCUT2D eigenvalue weighted by atomic mass is 19.1. The second-order valence-corrected chi connectivity index (χ2v) is 9.58. The Morgan fingerprint density at radius 1 is 1.14 bits per heavy atom. The average molecular weight is 513 g/mol. The van der Waals surface area contributed by atoms with E-state index < -0.39 is 41.7 Å². The number of hydrogen-bond donors (Lipinski definition) is 1. The highest BCUT2D eigenvalue weighted by Crippen LogP contribution is 2.27. The van der Waals surface area contributed by atoms with Gasteiger partial charge in [0.1, 0.15) is 18.0 Å². The maximum absolute atomic E-state index is 14.7. The molecular weight excluding hydrogens is 482 g/mol. The molecule has 0 spiro atoms. The highest BCUT2D eigenvalue weighted by Gasteiger charge is 2.41. The minimum atomic E-state index is -1.39. The van der Waals surface area contributed by atoms with Crippen LogP contribution in [0.3, 0.4) is 0 Å². The lowest BCUT2D eigenvalue weighted by molar-refractivity contribution is -0.138. The van der Waals surface area contributed by atoms with Gasteiger partial charge in [0.25, 0.3) is 0 Å². The SMILES string of the molecule is CC(C)c1ccc(C(NC(=O)C2CC(F)CN2C(=O)Cc2nn(C)c(=O)n2C)c2ccccc2)nc1F. The van der Waals surface area contributed by atoms with Crippen LogP contribution in [0, 0.1) is 5.95 Å². The second kappa shape index (κ2) is 10.6. The molecule has 2 aromatic heterocycles. The van der Waals surface area contributed by atoms with Gasteiger partial charge in [-0.1, -0.05) is 50.2 Å². The monoisotopic (exact) mass is 512 g/mol. The van der Waals surface area contributed by atoms with Crippen LogP contribution in [-0.2, 0) is 30.1 Å². The summed E-state index contributed by atoms with van der Waals surface area (Å²) in [5, 5.41) is 6.90. The van der Waals surface area contributed by atoms with Gasteiger partial charge in [0.15, 0.2) is 0 Å². The third-order valence-corrected chi connectivity index (χ3v) is 6.64. The van der Waals surface area contributed by atoms with Gasteiger partial charge in [-0.3, -0.25) is 14.2 Å². The number of carbonyl (C=O) groups is 2. The number of likely N-dealkylation sites (tertiary alicyclic amines) is 1. The normalized spacial score (nSPS) is 18.3. The number of nitrogens with one attached hydrogen (secondary N) is 1. The summed E-state index contributed by atoms with van der Waals surface area (Å²) in [5.41, 5.74) is 1.02. The van der Waals surface area contributed by atoms with Crippen LogP contribution in [0.15, 0.2) is 47.3 Å². The van der Waals surface area contributed by atoms with Gasteiger partial charge in [0.2, 0.25) is 17.8 Å². The summed E-state index contributed by atoms with van der Waals surface area (Å²) in [4.78, 5) is 43.8. The standard InChI is InChI=1S/C26H30F2N6O3/c1-15(2)18-10-11-19(29-24(18)28)23(16-8-6-5-7-9-16)30-25(36)20-12-17(27)14-34(20)22(35)13-21-31-33(4)26(37)32(21)3/h5-11,15,17,20,23H,12-14H2,1-4H3,(H,30,36). The van der Waals surface area contributed by atoms with Crippen LogP contribution in [0.2, 0.25) is 0 Å². The van der Waals surface area contributed by atoms with E-state index in [1.807, 2.05) is 19.9 Å². The van der Waals surface area contributed by atoms with Crippen LogP contribution in [0.25, 0.3) is 0 Å². The fraction of sp³-hybridized carbons (Fsp3) is 0.423. The Kier molecular flexibility index (Phi) is 7.51. The molecule has 0 aliphatic carbocycles. The molecule has 3 aromatic rings. The number of pyridine rings is 1. The quantitative estimate of drug-likeness (QED) is 0.489. The van der Waals surface area contributed by atoms with Crippen molar-refractivity contribution in [3.05, 3.63) is 81.5 Å². The van der Waals surface area contributed by atoms with Gasteiger partial charge in [-0.05, 0) is 17.5 Å². The second-order valence-electron chi connectivity index (χ2n) is 9.58. The van der Waals surface area contributed by atoms with Gasteiger partial charge < -0.3 is 10.2 Å². The first kappa shape index (κ1) is 26.2. The number of carbonyl (C=O) groups excluding carboxylic acids is 2. The van der Waals surface area contributed by atoms with E-state index in [4.69, 9.17) is 0 Å². The van der Waals surface area contributed by atoms with Gasteiger partial charge in [-0.25, -0.2) is 18.9 Å². The molecule has 1 N–H and O–H groups in total. The molecule has 1 aromatic carbocycles. The third kappa shape index (κ3) is 5.45. The molecule has 1 fully saturated rings. The van der Waals surface area contributed by atoms with Crippen molar-refractivity contribution in [3.63, 3.8) is 0 Å². The van der Waals surface area contributed by atoms with E-state index in [9.17, 15) is 23.2 Å². The summed E-state index contributed by atoms with van der Waals surface area (Å²) in [5.74, 6) is -1.57. The van der Waals surface area contributed by atoms with Crippen molar-refractivity contribution in [1.82, 2.24) is 29.5 Å². The molecule has 1 aliphatic heterocycles. The van der Waals surface area contributed by atoms with Gasteiger partial charge in [0.05, 0.1) is 24.7 Å². The van der Waals surface area contributed by atoms with E-state index in [0.29, 0.717) is 11.1 Å². The van der Waals surface area contributed by atoms with Crippen molar-refractivity contribution >= 4 is 11.8 Å². The Bertz CT molecular complexity index is 1350. The van der Waals surface area contributed by atoms with Gasteiger partial charge >= 0.3 is 5.69 Å². The molecule has 1 aliphatic rings. The van der Waals surface area contributed by atoms with E-state index >= 15 is 0 Å². The van der Waals surface area contributed by atoms with Crippen molar-refractivity contribution in [3.8, 4) is 0 Å². The van der Waals surface area contributed by atoms with E-state index in [1.54, 1.807) is 36.4 Å². The number of amides is 2. The fourth-order valence-electron chi connectivity index (χ4n) is 4.57. The van der Waals surface area contributed by atoms with E-state index in [1.165, 1.54) is 23.6 Å². The number of hydrogen-bond acceptors (Lipinski definition) is 5. The Hall–Kier alpha value is -3.89. The first-order valence-electron chi connectivity index (χ1n) is 12.1. The third-order valence-electron chi connectivity index (χ3n) is 6.64. The van der Waals surface area contributed by atoms with Crippen LogP contribution in [0.5, 0.6) is 0 Å². The maximum Gasteiger partial charge on any atom is 0.345 e. The Labute approximate surface area is 213 Å². The topological polar surface area (TPSA) is 102 Å². The van der Waals surface area contributed by atoms with Crippen LogP contribution in [0.4, 0.5) is 8.78 Å². The molecule has 3 atom stereocenters. The molecule has 9 nitrogen and oxygen atoms in total. The van der Waals surface area contributed by atoms with Crippen LogP contribution >= 0.6 is 0 Å². The zero-order valence-electron chi connectivity index (χ0n) is 21.2. The molecule has 3 heterocycles. The van der Waals surface area contributed by atoms with E-state index in [0.717, 1.165) is 4.68 Å². The first-order chi connectivity index (χ1) is 17.6. The Morgan fingerprint density at radius 2 is 1.84 bits per heavy atom. The van der Waals surface area contributed by atoms with Gasteiger partial charge in [-0.15, -0.1) is 0 Å². The smallest absolute Gasteiger partial charge is 0.342 e. The van der Waals surface area contributed by atoms with Crippen molar-refractivity contribution in [2.24, 2.45) is 14.1 Å². The number of benzene rings is 1. The number of halogens is 2. The van der Waals surface area contributed by atoms with Crippen LogP contribution in [-0.4, -0.2) is 54.8 Å². The lowest BCUT2D eigenvalue weighted by Crippen LogP contribution is -2.47. The molecule has 4 rings (SSSR count). The summed E-state index contributed by atoms with van der Waals surface area (Å²) < 4.78 is 31.6. The maximum atomic E-state index is 14.7. The summed E-state index contributed by atoms with van der Waals surface area (Å²) in [7, 11) is 2.96. The van der Waals surface area contributed by atoms with Gasteiger partial charge in [-0.2, -0.15) is 9.49 Å². The molecule has 11 heteroatoms. The van der Waals surface area contributed by atoms with Crippen molar-refractivity contribution < 1.29 is 18.4 Å². The molecule has 3 unspecified atom stereocenters. The fourth-order valence-corrected chi connectivity index (χ4v) is 4.57. The zero-order valence-corrected chi connectivity index (χ0v) is 21.2. The molecule has 1 saturated heterocycles. The highest BCUT2D eigenvalue weighted by molar-refractivity contribution is 5.89. The molecule has 37 heavy (non-hydrogen) atoms. The molecule has 196 valence electrons. The van der Waals surface area contributed by atoms with Crippen molar-refractivity contribution in [2.75, 3.05) is 6.54 Å². The Morgan fingerprint density at radius 3 is 2.43 bits per heavy atom. The van der Waals surface area contributed by atoms with Crippen LogP contribution < -0.4 is 11.0 Å². The molecular formula is C26H30F2N6O3. The minimum Gasteiger partial charge on any atom is -0.342 e. The van der Waals surface area contributed by atoms with Gasteiger partial charge in [0, 0.05) is 26.1 Å². The molecule has 0 bridgehead atoms. The number of nitrogens with zero attached hydrogens (tertiary/aromatic N) is 5. The molecule has 2 amide bonds. The molecule has 0 radical (unpaired) electrons.